The Labute approximate surface area is 154 Å². The number of nitrogens with one attached hydrogen (secondary N) is 1. The van der Waals surface area contributed by atoms with Crippen LogP contribution in [0.3, 0.4) is 0 Å². The third-order valence-corrected chi connectivity index (χ3v) is 4.41. The molecule has 0 spiro atoms. The topological polar surface area (TPSA) is 58.6 Å². The molecule has 1 aliphatic heterocycles. The first-order valence-electron chi connectivity index (χ1n) is 9.05. The zero-order valence-electron chi connectivity index (χ0n) is 14.8. The Morgan fingerprint density at radius 2 is 1.62 bits per heavy atom. The summed E-state index contributed by atoms with van der Waals surface area (Å²) < 4.78 is 5.72. The third kappa shape index (κ3) is 5.34. The van der Waals surface area contributed by atoms with E-state index in [2.05, 4.69) is 5.32 Å². The van der Waals surface area contributed by atoms with Crippen LogP contribution in [0.1, 0.15) is 31.2 Å². The van der Waals surface area contributed by atoms with Gasteiger partial charge in [0.15, 0.2) is 0 Å². The Kier molecular flexibility index (Phi) is 6.25. The van der Waals surface area contributed by atoms with Crippen LogP contribution in [0.15, 0.2) is 54.6 Å². The summed E-state index contributed by atoms with van der Waals surface area (Å²) in [7, 11) is 0. The molecule has 3 rings (SSSR count). The second kappa shape index (κ2) is 9.04. The number of hydrogen-bond donors (Lipinski definition) is 1. The third-order valence-electron chi connectivity index (χ3n) is 4.41. The monoisotopic (exact) mass is 352 g/mol. The van der Waals surface area contributed by atoms with Crippen LogP contribution in [0, 0.1) is 0 Å². The van der Waals surface area contributed by atoms with E-state index in [1.807, 2.05) is 42.5 Å². The van der Waals surface area contributed by atoms with E-state index in [0.717, 1.165) is 43.7 Å². The van der Waals surface area contributed by atoms with Gasteiger partial charge < -0.3 is 15.0 Å². The van der Waals surface area contributed by atoms with Crippen molar-refractivity contribution in [2.24, 2.45) is 0 Å². The molecular weight excluding hydrogens is 328 g/mol. The van der Waals surface area contributed by atoms with Gasteiger partial charge in [-0.15, -0.1) is 0 Å². The van der Waals surface area contributed by atoms with E-state index in [1.165, 1.54) is 0 Å². The molecule has 0 bridgehead atoms. The maximum absolute atomic E-state index is 12.1. The summed E-state index contributed by atoms with van der Waals surface area (Å²) in [6, 6.07) is 17.1. The van der Waals surface area contributed by atoms with E-state index in [4.69, 9.17) is 4.74 Å². The fourth-order valence-corrected chi connectivity index (χ4v) is 2.97. The normalized spacial score (nSPS) is 13.9. The summed E-state index contributed by atoms with van der Waals surface area (Å²) in [5.74, 6) is 0.361. The largest absolute Gasteiger partial charge is 0.489 e. The van der Waals surface area contributed by atoms with Crippen molar-refractivity contribution in [1.82, 2.24) is 4.90 Å². The first kappa shape index (κ1) is 18.0. The molecule has 1 aliphatic rings. The number of likely N-dealkylation sites (tertiary alicyclic amines) is 1. The zero-order chi connectivity index (χ0) is 18.2. The number of benzene rings is 2. The van der Waals surface area contributed by atoms with Crippen LogP contribution in [0.25, 0.3) is 0 Å². The van der Waals surface area contributed by atoms with Crippen LogP contribution in [-0.4, -0.2) is 29.8 Å². The van der Waals surface area contributed by atoms with Gasteiger partial charge in [0, 0.05) is 18.8 Å². The number of carbonyl (C=O) groups excluding carboxylic acids is 2. The molecule has 0 unspecified atom stereocenters. The first-order valence-corrected chi connectivity index (χ1v) is 9.05. The molecule has 1 fully saturated rings. The van der Waals surface area contributed by atoms with Crippen LogP contribution in [-0.2, 0) is 16.2 Å². The minimum Gasteiger partial charge on any atom is -0.489 e. The van der Waals surface area contributed by atoms with Crippen molar-refractivity contribution in [3.8, 4) is 5.75 Å². The Bertz CT molecular complexity index is 723. The Morgan fingerprint density at radius 3 is 2.31 bits per heavy atom. The van der Waals surface area contributed by atoms with Gasteiger partial charge in [0.2, 0.25) is 11.8 Å². The number of carbonyl (C=O) groups is 2. The molecule has 2 amide bonds. The Morgan fingerprint density at radius 1 is 0.923 bits per heavy atom. The molecule has 136 valence electrons. The van der Waals surface area contributed by atoms with Gasteiger partial charge in [0.25, 0.3) is 0 Å². The standard InChI is InChI=1S/C21H24N2O3/c24-20(15-21(25)23-13-5-2-6-14-23)22-18-9-11-19(12-10-18)26-16-17-7-3-1-4-8-17/h1,3-4,7-12H,2,5-6,13-16H2,(H,22,24). The summed E-state index contributed by atoms with van der Waals surface area (Å²) in [5, 5.41) is 2.77. The fraction of sp³-hybridized carbons (Fsp3) is 0.333. The average molecular weight is 352 g/mol. The predicted molar refractivity (Wildman–Crippen MR) is 101 cm³/mol. The molecule has 0 atom stereocenters. The van der Waals surface area contributed by atoms with Crippen molar-refractivity contribution in [2.45, 2.75) is 32.3 Å². The highest BCUT2D eigenvalue weighted by molar-refractivity contribution is 6.03. The number of anilines is 1. The summed E-state index contributed by atoms with van der Waals surface area (Å²) in [6.07, 6.45) is 3.11. The molecule has 2 aromatic rings. The lowest BCUT2D eigenvalue weighted by molar-refractivity contribution is -0.135. The van der Waals surface area contributed by atoms with Crippen LogP contribution in [0.5, 0.6) is 5.75 Å². The van der Waals surface area contributed by atoms with Crippen LogP contribution in [0.4, 0.5) is 5.69 Å². The van der Waals surface area contributed by atoms with Crippen molar-refractivity contribution in [3.05, 3.63) is 60.2 Å². The second-order valence-corrected chi connectivity index (χ2v) is 6.47. The molecule has 1 heterocycles. The van der Waals surface area contributed by atoms with Gasteiger partial charge in [-0.3, -0.25) is 9.59 Å². The molecule has 0 saturated carbocycles. The molecule has 2 aromatic carbocycles. The van der Waals surface area contributed by atoms with Gasteiger partial charge in [-0.25, -0.2) is 0 Å². The predicted octanol–water partition coefficient (Wildman–Crippen LogP) is 3.61. The van der Waals surface area contributed by atoms with Crippen molar-refractivity contribution in [1.29, 1.82) is 0 Å². The maximum atomic E-state index is 12.1. The summed E-state index contributed by atoms with van der Waals surface area (Å²) in [5.41, 5.74) is 1.76. The number of nitrogens with zero attached hydrogens (tertiary/aromatic N) is 1. The lowest BCUT2D eigenvalue weighted by Crippen LogP contribution is -2.37. The fourth-order valence-electron chi connectivity index (χ4n) is 2.97. The Balaban J connectivity index is 1.45. The summed E-state index contributed by atoms with van der Waals surface area (Å²) >= 11 is 0. The highest BCUT2D eigenvalue weighted by atomic mass is 16.5. The van der Waals surface area contributed by atoms with Gasteiger partial charge >= 0.3 is 0 Å². The minimum atomic E-state index is -0.279. The summed E-state index contributed by atoms with van der Waals surface area (Å²) in [4.78, 5) is 26.0. The van der Waals surface area contributed by atoms with Gasteiger partial charge in [-0.05, 0) is 49.1 Å². The number of piperidine rings is 1. The molecule has 0 aliphatic carbocycles. The lowest BCUT2D eigenvalue weighted by Gasteiger charge is -2.26. The summed E-state index contributed by atoms with van der Waals surface area (Å²) in [6.45, 7) is 2.02. The van der Waals surface area contributed by atoms with Gasteiger partial charge in [-0.1, -0.05) is 30.3 Å². The van der Waals surface area contributed by atoms with Gasteiger partial charge in [0.1, 0.15) is 18.8 Å². The highest BCUT2D eigenvalue weighted by Crippen LogP contribution is 2.17. The number of ether oxygens (including phenoxy) is 1. The number of rotatable bonds is 6. The van der Waals surface area contributed by atoms with Crippen LogP contribution < -0.4 is 10.1 Å². The Hall–Kier alpha value is -2.82. The number of hydrogen-bond acceptors (Lipinski definition) is 3. The minimum absolute atomic E-state index is 0.0926. The van der Waals surface area contributed by atoms with Crippen molar-refractivity contribution in [2.75, 3.05) is 18.4 Å². The second-order valence-electron chi connectivity index (χ2n) is 6.47. The first-order chi connectivity index (χ1) is 12.7. The van der Waals surface area contributed by atoms with Crippen LogP contribution >= 0.6 is 0 Å². The molecule has 0 aromatic heterocycles. The van der Waals surface area contributed by atoms with E-state index in [1.54, 1.807) is 17.0 Å². The lowest BCUT2D eigenvalue weighted by atomic mass is 10.1. The van der Waals surface area contributed by atoms with Crippen molar-refractivity contribution < 1.29 is 14.3 Å². The molecule has 1 N–H and O–H groups in total. The molecule has 0 radical (unpaired) electrons. The van der Waals surface area contributed by atoms with E-state index in [9.17, 15) is 9.59 Å². The number of amides is 2. The smallest absolute Gasteiger partial charge is 0.233 e. The average Bonchev–Trinajstić information content (AvgIpc) is 2.69. The van der Waals surface area contributed by atoms with Crippen molar-refractivity contribution >= 4 is 17.5 Å². The van der Waals surface area contributed by atoms with Crippen LogP contribution in [0.2, 0.25) is 0 Å². The highest BCUT2D eigenvalue weighted by Gasteiger charge is 2.19. The molecule has 5 nitrogen and oxygen atoms in total. The van der Waals surface area contributed by atoms with Gasteiger partial charge in [-0.2, -0.15) is 0 Å². The SMILES string of the molecule is O=C(CC(=O)N1CCCCC1)Nc1ccc(OCc2ccccc2)cc1. The van der Waals surface area contributed by atoms with E-state index < -0.39 is 0 Å². The molecular formula is C21H24N2O3. The quantitative estimate of drug-likeness (QED) is 0.808. The van der Waals surface area contributed by atoms with E-state index in [0.29, 0.717) is 12.3 Å². The maximum Gasteiger partial charge on any atom is 0.233 e. The molecule has 1 saturated heterocycles. The van der Waals surface area contributed by atoms with Gasteiger partial charge in [0.05, 0.1) is 0 Å². The molecule has 5 heteroatoms. The van der Waals surface area contributed by atoms with Crippen molar-refractivity contribution in [3.63, 3.8) is 0 Å². The zero-order valence-corrected chi connectivity index (χ0v) is 14.8. The van der Waals surface area contributed by atoms with E-state index >= 15 is 0 Å². The molecule has 26 heavy (non-hydrogen) atoms. The van der Waals surface area contributed by atoms with E-state index in [-0.39, 0.29) is 18.2 Å².